The zero-order valence-corrected chi connectivity index (χ0v) is 16.9. The zero-order valence-electron chi connectivity index (χ0n) is 14.7. The number of hydrogen-bond acceptors (Lipinski definition) is 6. The molecular formula is C19H21IN2O4. The predicted molar refractivity (Wildman–Crippen MR) is 110 cm³/mol. The summed E-state index contributed by atoms with van der Waals surface area (Å²) in [6.07, 6.45) is 1.70. The number of anilines is 1. The van der Waals surface area contributed by atoms with Crippen molar-refractivity contribution in [3.8, 4) is 11.5 Å². The van der Waals surface area contributed by atoms with Crippen molar-refractivity contribution >= 4 is 40.5 Å². The van der Waals surface area contributed by atoms with Crippen molar-refractivity contribution < 1.29 is 19.0 Å². The Labute approximate surface area is 166 Å². The summed E-state index contributed by atoms with van der Waals surface area (Å²) < 4.78 is 17.0. The molecule has 0 saturated carbocycles. The third-order valence-electron chi connectivity index (χ3n) is 3.15. The Morgan fingerprint density at radius 3 is 2.62 bits per heavy atom. The molecule has 26 heavy (non-hydrogen) atoms. The van der Waals surface area contributed by atoms with Gasteiger partial charge in [-0.05, 0) is 66.3 Å². The minimum atomic E-state index is -0.413. The highest BCUT2D eigenvalue weighted by molar-refractivity contribution is 14.1. The Kier molecular flexibility index (Phi) is 8.20. The summed E-state index contributed by atoms with van der Waals surface area (Å²) in [5.74, 6) is 0.668. The fourth-order valence-electron chi connectivity index (χ4n) is 2.09. The molecule has 2 rings (SSSR count). The number of halogens is 1. The van der Waals surface area contributed by atoms with Crippen LogP contribution >= 0.6 is 22.6 Å². The molecule has 0 spiro atoms. The molecule has 0 aliphatic carbocycles. The topological polar surface area (TPSA) is 69.2 Å². The van der Waals surface area contributed by atoms with Gasteiger partial charge in [-0.15, -0.1) is 0 Å². The first-order valence-corrected chi connectivity index (χ1v) is 9.30. The number of ether oxygens (including phenoxy) is 3. The zero-order chi connectivity index (χ0) is 18.8. The fourth-order valence-corrected chi connectivity index (χ4v) is 2.87. The maximum Gasteiger partial charge on any atom is 0.344 e. The van der Waals surface area contributed by atoms with E-state index in [0.717, 1.165) is 14.8 Å². The summed E-state index contributed by atoms with van der Waals surface area (Å²) in [6.45, 7) is 4.29. The number of nitrogens with zero attached hydrogens (tertiary/aromatic N) is 1. The van der Waals surface area contributed by atoms with Crippen LogP contribution in [0.2, 0.25) is 0 Å². The summed E-state index contributed by atoms with van der Waals surface area (Å²) in [6, 6.07) is 13.4. The van der Waals surface area contributed by atoms with E-state index in [0.29, 0.717) is 24.7 Å². The van der Waals surface area contributed by atoms with E-state index in [1.54, 1.807) is 13.1 Å². The largest absolute Gasteiger partial charge is 0.490 e. The van der Waals surface area contributed by atoms with Gasteiger partial charge in [0.05, 0.1) is 28.7 Å². The van der Waals surface area contributed by atoms with E-state index in [9.17, 15) is 4.79 Å². The molecule has 0 bridgehead atoms. The Hall–Kier alpha value is -2.29. The van der Waals surface area contributed by atoms with Crippen LogP contribution in [0.1, 0.15) is 19.4 Å². The van der Waals surface area contributed by atoms with Crippen molar-refractivity contribution in [2.45, 2.75) is 13.8 Å². The molecule has 0 aromatic heterocycles. The van der Waals surface area contributed by atoms with Crippen molar-refractivity contribution in [1.82, 2.24) is 0 Å². The fraction of sp³-hybridized carbons (Fsp3) is 0.263. The molecule has 7 heteroatoms. The minimum Gasteiger partial charge on any atom is -0.490 e. The summed E-state index contributed by atoms with van der Waals surface area (Å²) >= 11 is 2.14. The van der Waals surface area contributed by atoms with Crippen molar-refractivity contribution in [1.29, 1.82) is 0 Å². The van der Waals surface area contributed by atoms with Gasteiger partial charge in [0.25, 0.3) is 0 Å². The highest BCUT2D eigenvalue weighted by atomic mass is 127. The van der Waals surface area contributed by atoms with Gasteiger partial charge in [0.2, 0.25) is 0 Å². The average Bonchev–Trinajstić information content (AvgIpc) is 2.62. The van der Waals surface area contributed by atoms with Gasteiger partial charge >= 0.3 is 5.97 Å². The van der Waals surface area contributed by atoms with Crippen molar-refractivity contribution in [2.75, 3.05) is 25.2 Å². The van der Waals surface area contributed by atoms with E-state index in [-0.39, 0.29) is 6.61 Å². The molecule has 0 aliphatic heterocycles. The maximum absolute atomic E-state index is 11.5. The number of hydrogen-bond donors (Lipinski definition) is 1. The molecule has 0 saturated heterocycles. The molecule has 2 aromatic rings. The second-order valence-electron chi connectivity index (χ2n) is 5.09. The van der Waals surface area contributed by atoms with Crippen molar-refractivity contribution in [3.63, 3.8) is 0 Å². The van der Waals surface area contributed by atoms with Gasteiger partial charge < -0.3 is 14.2 Å². The van der Waals surface area contributed by atoms with Gasteiger partial charge in [0.1, 0.15) is 0 Å². The average molecular weight is 468 g/mol. The molecule has 2 aromatic carbocycles. The van der Waals surface area contributed by atoms with Gasteiger partial charge in [-0.1, -0.05) is 18.2 Å². The molecule has 0 fully saturated rings. The van der Waals surface area contributed by atoms with Crippen LogP contribution in [0.3, 0.4) is 0 Å². The van der Waals surface area contributed by atoms with E-state index >= 15 is 0 Å². The quantitative estimate of drug-likeness (QED) is 0.260. The van der Waals surface area contributed by atoms with Crippen LogP contribution in [-0.4, -0.2) is 32.0 Å². The number of carbonyl (C=O) groups excluding carboxylic acids is 1. The molecule has 138 valence electrons. The Bertz CT molecular complexity index is 751. The second kappa shape index (κ2) is 10.6. The molecular weight excluding hydrogens is 447 g/mol. The molecule has 0 heterocycles. The van der Waals surface area contributed by atoms with E-state index in [4.69, 9.17) is 14.2 Å². The first kappa shape index (κ1) is 20.0. The number of para-hydroxylation sites is 1. The van der Waals surface area contributed by atoms with Crippen molar-refractivity contribution in [3.05, 3.63) is 51.6 Å². The molecule has 6 nitrogen and oxygen atoms in total. The molecule has 0 radical (unpaired) electrons. The summed E-state index contributed by atoms with van der Waals surface area (Å²) in [5.41, 5.74) is 4.72. The van der Waals surface area contributed by atoms with E-state index < -0.39 is 5.97 Å². The molecule has 0 unspecified atom stereocenters. The molecule has 0 amide bonds. The Morgan fingerprint density at radius 1 is 1.15 bits per heavy atom. The number of nitrogens with one attached hydrogen (secondary N) is 1. The minimum absolute atomic E-state index is 0.160. The number of carbonyl (C=O) groups is 1. The summed E-state index contributed by atoms with van der Waals surface area (Å²) in [4.78, 5) is 11.5. The summed E-state index contributed by atoms with van der Waals surface area (Å²) in [5, 5.41) is 4.23. The van der Waals surface area contributed by atoms with Gasteiger partial charge in [0, 0.05) is 0 Å². The predicted octanol–water partition coefficient (Wildman–Crippen LogP) is 4.08. The van der Waals surface area contributed by atoms with E-state index in [2.05, 4.69) is 33.1 Å². The third kappa shape index (κ3) is 6.21. The normalized spacial score (nSPS) is 10.6. The van der Waals surface area contributed by atoms with Gasteiger partial charge in [0.15, 0.2) is 18.1 Å². The molecule has 1 N–H and O–H groups in total. The lowest BCUT2D eigenvalue weighted by molar-refractivity contribution is -0.145. The highest BCUT2D eigenvalue weighted by Crippen LogP contribution is 2.34. The lowest BCUT2D eigenvalue weighted by Gasteiger charge is -2.14. The Balaban J connectivity index is 2.12. The van der Waals surface area contributed by atoms with Crippen LogP contribution < -0.4 is 14.9 Å². The van der Waals surface area contributed by atoms with Crippen LogP contribution in [0.4, 0.5) is 5.69 Å². The first-order chi connectivity index (χ1) is 12.6. The second-order valence-corrected chi connectivity index (χ2v) is 6.25. The molecule has 0 aliphatic rings. The number of hydrazone groups is 1. The van der Waals surface area contributed by atoms with E-state index in [1.807, 2.05) is 49.4 Å². The monoisotopic (exact) mass is 468 g/mol. The number of benzene rings is 2. The van der Waals surface area contributed by atoms with Crippen molar-refractivity contribution in [2.24, 2.45) is 5.10 Å². The van der Waals surface area contributed by atoms with Crippen LogP contribution in [0, 0.1) is 3.57 Å². The number of rotatable bonds is 9. The lowest BCUT2D eigenvalue weighted by Crippen LogP contribution is -2.15. The highest BCUT2D eigenvalue weighted by Gasteiger charge is 2.14. The SMILES string of the molecule is CCOC(=O)COc1c(I)cc(/C=N\Nc2ccccc2)cc1OCC. The first-order valence-electron chi connectivity index (χ1n) is 8.23. The third-order valence-corrected chi connectivity index (χ3v) is 3.95. The van der Waals surface area contributed by atoms with Gasteiger partial charge in [-0.25, -0.2) is 4.79 Å². The number of esters is 1. The van der Waals surface area contributed by atoms with Gasteiger partial charge in [-0.3, -0.25) is 5.43 Å². The Morgan fingerprint density at radius 2 is 1.92 bits per heavy atom. The standard InChI is InChI=1S/C19H21IN2O4/c1-3-24-17-11-14(12-21-22-15-8-6-5-7-9-15)10-16(20)19(17)26-13-18(23)25-4-2/h5-12,22H,3-4,13H2,1-2H3/b21-12-. The summed E-state index contributed by atoms with van der Waals surface area (Å²) in [7, 11) is 0. The lowest BCUT2D eigenvalue weighted by atomic mass is 10.2. The molecule has 0 atom stereocenters. The van der Waals surface area contributed by atoms with Gasteiger partial charge in [-0.2, -0.15) is 5.10 Å². The maximum atomic E-state index is 11.5. The van der Waals surface area contributed by atoms with Crippen LogP contribution in [0.15, 0.2) is 47.6 Å². The van der Waals surface area contributed by atoms with Crippen LogP contribution in [0.25, 0.3) is 0 Å². The van der Waals surface area contributed by atoms with Crippen LogP contribution in [-0.2, 0) is 9.53 Å². The van der Waals surface area contributed by atoms with Crippen LogP contribution in [0.5, 0.6) is 11.5 Å². The van der Waals surface area contributed by atoms with E-state index in [1.165, 1.54) is 0 Å². The smallest absolute Gasteiger partial charge is 0.344 e.